The van der Waals surface area contributed by atoms with E-state index < -0.39 is 17.3 Å². The van der Waals surface area contributed by atoms with Gasteiger partial charge in [-0.15, -0.1) is 0 Å². The fourth-order valence-electron chi connectivity index (χ4n) is 2.65. The highest BCUT2D eigenvalue weighted by Gasteiger charge is 2.41. The van der Waals surface area contributed by atoms with E-state index in [0.29, 0.717) is 18.8 Å². The number of aliphatic hydroxyl groups is 1. The third-order valence-electron chi connectivity index (χ3n) is 3.84. The molecule has 100 valence electrons. The summed E-state index contributed by atoms with van der Waals surface area (Å²) in [6, 6.07) is 5.37. The molecule has 0 aromatic heterocycles. The lowest BCUT2D eigenvalue weighted by molar-refractivity contribution is -0.141. The molecule has 1 aliphatic rings. The number of alkyl halides is 3. The van der Waals surface area contributed by atoms with Crippen LogP contribution in [0.2, 0.25) is 0 Å². The largest absolute Gasteiger partial charge is 0.416 e. The van der Waals surface area contributed by atoms with Crippen molar-refractivity contribution in [1.82, 2.24) is 0 Å². The van der Waals surface area contributed by atoms with Crippen molar-refractivity contribution in [2.45, 2.75) is 44.4 Å². The molecule has 2 rings (SSSR count). The molecular weight excluding hydrogens is 241 g/mol. The second kappa shape index (κ2) is 4.57. The predicted molar refractivity (Wildman–Crippen MR) is 63.0 cm³/mol. The molecule has 0 spiro atoms. The van der Waals surface area contributed by atoms with E-state index in [2.05, 4.69) is 6.92 Å². The summed E-state index contributed by atoms with van der Waals surface area (Å²) in [5, 5.41) is 10.5. The molecule has 0 aliphatic heterocycles. The molecular formula is C14H17F3O. The third kappa shape index (κ3) is 2.53. The summed E-state index contributed by atoms with van der Waals surface area (Å²) in [5.41, 5.74) is -2.00. The normalized spacial score (nSPS) is 29.3. The van der Waals surface area contributed by atoms with Gasteiger partial charge in [0.2, 0.25) is 0 Å². The second-order valence-electron chi connectivity index (χ2n) is 5.26. The molecule has 0 amide bonds. The zero-order valence-corrected chi connectivity index (χ0v) is 10.3. The SMILES string of the molecule is CC1CCC(O)(c2ccccc2C(F)(F)F)CC1. The lowest BCUT2D eigenvalue weighted by Gasteiger charge is -2.36. The highest BCUT2D eigenvalue weighted by atomic mass is 19.4. The van der Waals surface area contributed by atoms with Crippen LogP contribution in [0.4, 0.5) is 13.2 Å². The number of rotatable bonds is 1. The van der Waals surface area contributed by atoms with E-state index in [4.69, 9.17) is 0 Å². The minimum Gasteiger partial charge on any atom is -0.385 e. The van der Waals surface area contributed by atoms with Crippen LogP contribution < -0.4 is 0 Å². The summed E-state index contributed by atoms with van der Waals surface area (Å²) in [5.74, 6) is 0.475. The first-order valence-electron chi connectivity index (χ1n) is 6.22. The van der Waals surface area contributed by atoms with Crippen LogP contribution >= 0.6 is 0 Å². The van der Waals surface area contributed by atoms with Crippen LogP contribution in [-0.4, -0.2) is 5.11 Å². The molecule has 0 atom stereocenters. The lowest BCUT2D eigenvalue weighted by atomic mass is 9.74. The van der Waals surface area contributed by atoms with Gasteiger partial charge in [-0.25, -0.2) is 0 Å². The number of halogens is 3. The van der Waals surface area contributed by atoms with Crippen molar-refractivity contribution in [3.63, 3.8) is 0 Å². The fourth-order valence-corrected chi connectivity index (χ4v) is 2.65. The molecule has 0 heterocycles. The van der Waals surface area contributed by atoms with Crippen LogP contribution in [0.25, 0.3) is 0 Å². The molecule has 0 saturated heterocycles. The van der Waals surface area contributed by atoms with Crippen LogP contribution in [0.5, 0.6) is 0 Å². The molecule has 1 N–H and O–H groups in total. The maximum Gasteiger partial charge on any atom is 0.416 e. The third-order valence-corrected chi connectivity index (χ3v) is 3.84. The molecule has 0 bridgehead atoms. The van der Waals surface area contributed by atoms with Gasteiger partial charge in [0.1, 0.15) is 0 Å². The van der Waals surface area contributed by atoms with E-state index in [9.17, 15) is 18.3 Å². The average Bonchev–Trinajstić information content (AvgIpc) is 2.32. The highest BCUT2D eigenvalue weighted by Crippen LogP contribution is 2.44. The van der Waals surface area contributed by atoms with Crippen LogP contribution in [0.3, 0.4) is 0 Å². The van der Waals surface area contributed by atoms with E-state index in [1.165, 1.54) is 12.1 Å². The predicted octanol–water partition coefficient (Wildman–Crippen LogP) is 4.10. The van der Waals surface area contributed by atoms with Crippen molar-refractivity contribution < 1.29 is 18.3 Å². The Morgan fingerprint density at radius 1 is 1.17 bits per heavy atom. The maximum absolute atomic E-state index is 12.9. The van der Waals surface area contributed by atoms with E-state index in [1.54, 1.807) is 6.07 Å². The topological polar surface area (TPSA) is 20.2 Å². The van der Waals surface area contributed by atoms with Gasteiger partial charge in [0, 0.05) is 0 Å². The molecule has 0 unspecified atom stereocenters. The average molecular weight is 258 g/mol. The Bertz CT molecular complexity index is 417. The summed E-state index contributed by atoms with van der Waals surface area (Å²) in [7, 11) is 0. The second-order valence-corrected chi connectivity index (χ2v) is 5.26. The van der Waals surface area contributed by atoms with Gasteiger partial charge in [-0.05, 0) is 43.2 Å². The van der Waals surface area contributed by atoms with E-state index in [0.717, 1.165) is 18.9 Å². The Morgan fingerprint density at radius 3 is 2.28 bits per heavy atom. The first-order chi connectivity index (χ1) is 8.33. The van der Waals surface area contributed by atoms with Gasteiger partial charge in [0.15, 0.2) is 0 Å². The van der Waals surface area contributed by atoms with E-state index >= 15 is 0 Å². The smallest absolute Gasteiger partial charge is 0.385 e. The van der Waals surface area contributed by atoms with Crippen LogP contribution in [0, 0.1) is 5.92 Å². The Labute approximate surface area is 105 Å². The van der Waals surface area contributed by atoms with Crippen molar-refractivity contribution in [2.24, 2.45) is 5.92 Å². The summed E-state index contributed by atoms with van der Waals surface area (Å²) in [6.07, 6.45) is -2.07. The number of hydrogen-bond acceptors (Lipinski definition) is 1. The van der Waals surface area contributed by atoms with Gasteiger partial charge in [-0.1, -0.05) is 25.1 Å². The maximum atomic E-state index is 12.9. The van der Waals surface area contributed by atoms with Crippen molar-refractivity contribution in [3.05, 3.63) is 35.4 Å². The quantitative estimate of drug-likeness (QED) is 0.804. The molecule has 1 saturated carbocycles. The van der Waals surface area contributed by atoms with Crippen molar-refractivity contribution in [3.8, 4) is 0 Å². The monoisotopic (exact) mass is 258 g/mol. The molecule has 1 aromatic carbocycles. The lowest BCUT2D eigenvalue weighted by Crippen LogP contribution is -2.33. The summed E-state index contributed by atoms with van der Waals surface area (Å²) < 4.78 is 38.8. The first kappa shape index (κ1) is 13.4. The van der Waals surface area contributed by atoms with Gasteiger partial charge in [0.25, 0.3) is 0 Å². The summed E-state index contributed by atoms with van der Waals surface area (Å²) >= 11 is 0. The zero-order valence-electron chi connectivity index (χ0n) is 10.3. The zero-order chi connectivity index (χ0) is 13.4. The van der Waals surface area contributed by atoms with Crippen LogP contribution in [0.15, 0.2) is 24.3 Å². The fraction of sp³-hybridized carbons (Fsp3) is 0.571. The van der Waals surface area contributed by atoms with Gasteiger partial charge < -0.3 is 5.11 Å². The minimum absolute atomic E-state index is 0.0319. The highest BCUT2D eigenvalue weighted by molar-refractivity contribution is 5.34. The Balaban J connectivity index is 2.39. The molecule has 1 aliphatic carbocycles. The van der Waals surface area contributed by atoms with Gasteiger partial charge in [-0.3, -0.25) is 0 Å². The number of benzene rings is 1. The first-order valence-corrected chi connectivity index (χ1v) is 6.22. The molecule has 18 heavy (non-hydrogen) atoms. The Morgan fingerprint density at radius 2 is 1.72 bits per heavy atom. The number of hydrogen-bond donors (Lipinski definition) is 1. The van der Waals surface area contributed by atoms with Crippen molar-refractivity contribution >= 4 is 0 Å². The molecule has 1 nitrogen and oxygen atoms in total. The Hall–Kier alpha value is -1.03. The van der Waals surface area contributed by atoms with Gasteiger partial charge in [-0.2, -0.15) is 13.2 Å². The molecule has 0 radical (unpaired) electrons. The van der Waals surface area contributed by atoms with Crippen molar-refractivity contribution in [2.75, 3.05) is 0 Å². The molecule has 1 aromatic rings. The van der Waals surface area contributed by atoms with Gasteiger partial charge >= 0.3 is 6.18 Å². The standard InChI is InChI=1S/C14H17F3O/c1-10-6-8-13(18,9-7-10)11-4-2-3-5-12(11)14(15,16)17/h2-5,10,18H,6-9H2,1H3. The van der Waals surface area contributed by atoms with Crippen LogP contribution in [0.1, 0.15) is 43.7 Å². The molecule has 4 heteroatoms. The summed E-state index contributed by atoms with van der Waals surface area (Å²) in [6.45, 7) is 2.06. The van der Waals surface area contributed by atoms with Crippen LogP contribution in [-0.2, 0) is 11.8 Å². The Kier molecular flexibility index (Phi) is 3.41. The molecule has 1 fully saturated rings. The van der Waals surface area contributed by atoms with E-state index in [1.807, 2.05) is 0 Å². The summed E-state index contributed by atoms with van der Waals surface area (Å²) in [4.78, 5) is 0. The van der Waals surface area contributed by atoms with Gasteiger partial charge in [0.05, 0.1) is 11.2 Å². The minimum atomic E-state index is -4.41. The van der Waals surface area contributed by atoms with Crippen molar-refractivity contribution in [1.29, 1.82) is 0 Å². The van der Waals surface area contributed by atoms with E-state index in [-0.39, 0.29) is 5.56 Å².